The van der Waals surface area contributed by atoms with Crippen LogP contribution in [0.2, 0.25) is 0 Å². The lowest BCUT2D eigenvalue weighted by atomic mass is 10.1. The average molecular weight is 321 g/mol. The molecule has 0 aliphatic heterocycles. The normalized spacial score (nSPS) is 11.7. The van der Waals surface area contributed by atoms with Crippen LogP contribution in [-0.4, -0.2) is 18.5 Å². The van der Waals surface area contributed by atoms with Crippen molar-refractivity contribution in [3.05, 3.63) is 54.1 Å². The maximum Gasteiger partial charge on any atom is 0.454 e. The van der Waals surface area contributed by atoms with E-state index >= 15 is 0 Å². The molecule has 2 aromatic rings. The molecular formula is C16H14F3N3O. The van der Waals surface area contributed by atoms with Gasteiger partial charge in [-0.15, -0.1) is 0 Å². The number of ketones is 1. The van der Waals surface area contributed by atoms with E-state index in [1.165, 1.54) is 12.1 Å². The van der Waals surface area contributed by atoms with Crippen LogP contribution in [0.1, 0.15) is 17.3 Å². The molecule has 0 saturated carbocycles. The Kier molecular flexibility index (Phi) is 5.10. The fourth-order valence-electron chi connectivity index (χ4n) is 1.81. The number of carbonyl (C=O) groups is 1. The third-order valence-corrected chi connectivity index (χ3v) is 2.92. The molecule has 0 aliphatic rings. The summed E-state index contributed by atoms with van der Waals surface area (Å²) in [5.74, 6) is -1.87. The molecule has 1 N–H and O–H groups in total. The van der Waals surface area contributed by atoms with E-state index in [2.05, 4.69) is 15.5 Å². The summed E-state index contributed by atoms with van der Waals surface area (Å²) in [5, 5.41) is 11.1. The number of nitrogens with one attached hydrogen (secondary N) is 1. The third-order valence-electron chi connectivity index (χ3n) is 2.92. The van der Waals surface area contributed by atoms with Gasteiger partial charge in [-0.05, 0) is 55.5 Å². The van der Waals surface area contributed by atoms with E-state index in [-0.39, 0.29) is 0 Å². The largest absolute Gasteiger partial charge is 0.454 e. The zero-order valence-electron chi connectivity index (χ0n) is 12.3. The van der Waals surface area contributed by atoms with Crippen LogP contribution < -0.4 is 5.32 Å². The number of carbonyl (C=O) groups excluding carboxylic acids is 1. The number of Topliss-reactive ketones (excluding diaryl/α,β-unsaturated/α-hetero) is 1. The highest BCUT2D eigenvalue weighted by Gasteiger charge is 2.39. The second-order valence-corrected chi connectivity index (χ2v) is 4.65. The Morgan fingerprint density at radius 1 is 0.957 bits per heavy atom. The topological polar surface area (TPSA) is 53.8 Å². The molecule has 0 amide bonds. The zero-order valence-corrected chi connectivity index (χ0v) is 12.3. The lowest BCUT2D eigenvalue weighted by Gasteiger charge is -2.04. The Morgan fingerprint density at radius 2 is 1.43 bits per heavy atom. The van der Waals surface area contributed by atoms with Gasteiger partial charge in [0, 0.05) is 17.8 Å². The molecule has 0 fully saturated rings. The van der Waals surface area contributed by atoms with Crippen molar-refractivity contribution in [1.29, 1.82) is 0 Å². The molecule has 7 heteroatoms. The lowest BCUT2D eigenvalue weighted by Crippen LogP contribution is -2.22. The number of hydrogen-bond donors (Lipinski definition) is 1. The summed E-state index contributed by atoms with van der Waals surface area (Å²) in [6.07, 6.45) is -4.88. The molecule has 0 heterocycles. The molecule has 0 bridgehead atoms. The van der Waals surface area contributed by atoms with E-state index in [1.807, 2.05) is 19.1 Å². The number of benzene rings is 2. The van der Waals surface area contributed by atoms with Crippen LogP contribution in [0.25, 0.3) is 0 Å². The maximum absolute atomic E-state index is 12.3. The first-order chi connectivity index (χ1) is 10.9. The second-order valence-electron chi connectivity index (χ2n) is 4.65. The molecule has 0 aromatic heterocycles. The van der Waals surface area contributed by atoms with Gasteiger partial charge in [-0.25, -0.2) is 0 Å². The molecule has 0 radical (unpaired) electrons. The highest BCUT2D eigenvalue weighted by Crippen LogP contribution is 2.24. The molecule has 0 aliphatic carbocycles. The van der Waals surface area contributed by atoms with Gasteiger partial charge in [-0.1, -0.05) is 0 Å². The standard InChI is InChI=1S/C16H14F3N3O/c1-2-20-12-7-9-14(10-8-12)22-21-13-5-3-11(4-6-13)15(23)16(17,18)19/h3-10,20H,2H2,1H3. The molecule has 23 heavy (non-hydrogen) atoms. The number of anilines is 1. The van der Waals surface area contributed by atoms with Gasteiger partial charge in [-0.2, -0.15) is 23.4 Å². The molecule has 0 spiro atoms. The summed E-state index contributed by atoms with van der Waals surface area (Å²) in [4.78, 5) is 11.1. The molecule has 0 saturated heterocycles. The Balaban J connectivity index is 2.07. The Labute approximate surface area is 131 Å². The summed E-state index contributed by atoms with van der Waals surface area (Å²) in [6.45, 7) is 2.80. The highest BCUT2D eigenvalue weighted by molar-refractivity contribution is 6.00. The molecule has 0 unspecified atom stereocenters. The summed E-state index contributed by atoms with van der Waals surface area (Å²) in [5.41, 5.74) is 1.51. The molecular weight excluding hydrogens is 307 g/mol. The summed E-state index contributed by atoms with van der Waals surface area (Å²) >= 11 is 0. The number of alkyl halides is 3. The number of halogens is 3. The minimum Gasteiger partial charge on any atom is -0.385 e. The van der Waals surface area contributed by atoms with Crippen molar-refractivity contribution in [1.82, 2.24) is 0 Å². The minimum atomic E-state index is -4.88. The first-order valence-electron chi connectivity index (χ1n) is 6.87. The number of azo groups is 1. The summed E-state index contributed by atoms with van der Waals surface area (Å²) in [6, 6.07) is 12.0. The highest BCUT2D eigenvalue weighted by atomic mass is 19.4. The van der Waals surface area contributed by atoms with Crippen LogP contribution in [0.4, 0.5) is 30.2 Å². The quantitative estimate of drug-likeness (QED) is 0.602. The van der Waals surface area contributed by atoms with Crippen LogP contribution in [0.5, 0.6) is 0 Å². The van der Waals surface area contributed by atoms with Gasteiger partial charge in [0.1, 0.15) is 0 Å². The van der Waals surface area contributed by atoms with Crippen LogP contribution in [0.15, 0.2) is 58.8 Å². The lowest BCUT2D eigenvalue weighted by molar-refractivity contribution is -0.0885. The Bertz CT molecular complexity index is 692. The number of hydrogen-bond acceptors (Lipinski definition) is 4. The van der Waals surface area contributed by atoms with Crippen molar-refractivity contribution < 1.29 is 18.0 Å². The van der Waals surface area contributed by atoms with Crippen molar-refractivity contribution in [2.24, 2.45) is 10.2 Å². The smallest absolute Gasteiger partial charge is 0.385 e. The predicted octanol–water partition coefficient (Wildman–Crippen LogP) is 5.28. The predicted molar refractivity (Wildman–Crippen MR) is 81.6 cm³/mol. The van der Waals surface area contributed by atoms with E-state index in [9.17, 15) is 18.0 Å². The van der Waals surface area contributed by atoms with Gasteiger partial charge in [0.05, 0.1) is 11.4 Å². The average Bonchev–Trinajstić information content (AvgIpc) is 2.53. The SMILES string of the molecule is CCNc1ccc(N=Nc2ccc(C(=O)C(F)(F)F)cc2)cc1. The van der Waals surface area contributed by atoms with Gasteiger partial charge in [0.2, 0.25) is 0 Å². The first-order valence-corrected chi connectivity index (χ1v) is 6.87. The fraction of sp³-hybridized carbons (Fsp3) is 0.188. The van der Waals surface area contributed by atoms with Crippen LogP contribution in [-0.2, 0) is 0 Å². The number of rotatable bonds is 5. The van der Waals surface area contributed by atoms with Crippen molar-refractivity contribution in [3.63, 3.8) is 0 Å². The Morgan fingerprint density at radius 3 is 1.87 bits per heavy atom. The van der Waals surface area contributed by atoms with Crippen molar-refractivity contribution >= 4 is 22.8 Å². The zero-order chi connectivity index (χ0) is 16.9. The summed E-state index contributed by atoms with van der Waals surface area (Å²) in [7, 11) is 0. The first kappa shape index (κ1) is 16.7. The minimum absolute atomic E-state index is 0.361. The van der Waals surface area contributed by atoms with E-state index in [1.54, 1.807) is 12.1 Å². The van der Waals surface area contributed by atoms with Crippen molar-refractivity contribution in [3.8, 4) is 0 Å². The van der Waals surface area contributed by atoms with E-state index in [4.69, 9.17) is 0 Å². The number of nitrogens with zero attached hydrogens (tertiary/aromatic N) is 2. The van der Waals surface area contributed by atoms with Crippen LogP contribution >= 0.6 is 0 Å². The van der Waals surface area contributed by atoms with Gasteiger partial charge in [0.25, 0.3) is 5.78 Å². The Hall–Kier alpha value is -2.70. The van der Waals surface area contributed by atoms with Gasteiger partial charge in [-0.3, -0.25) is 4.79 Å². The van der Waals surface area contributed by atoms with E-state index in [0.29, 0.717) is 11.4 Å². The van der Waals surface area contributed by atoms with Crippen molar-refractivity contribution in [2.75, 3.05) is 11.9 Å². The van der Waals surface area contributed by atoms with Gasteiger partial charge in [0.15, 0.2) is 0 Å². The molecule has 120 valence electrons. The third kappa shape index (κ3) is 4.64. The van der Waals surface area contributed by atoms with Crippen LogP contribution in [0, 0.1) is 0 Å². The van der Waals surface area contributed by atoms with E-state index < -0.39 is 17.5 Å². The second kappa shape index (κ2) is 7.04. The monoisotopic (exact) mass is 321 g/mol. The van der Waals surface area contributed by atoms with Crippen LogP contribution in [0.3, 0.4) is 0 Å². The van der Waals surface area contributed by atoms with E-state index in [0.717, 1.165) is 24.4 Å². The maximum atomic E-state index is 12.3. The van der Waals surface area contributed by atoms with Crippen molar-refractivity contribution in [2.45, 2.75) is 13.1 Å². The molecule has 2 rings (SSSR count). The fourth-order valence-corrected chi connectivity index (χ4v) is 1.81. The molecule has 0 atom stereocenters. The molecule has 4 nitrogen and oxygen atoms in total. The summed E-state index contributed by atoms with van der Waals surface area (Å²) < 4.78 is 36.9. The van der Waals surface area contributed by atoms with Gasteiger partial charge < -0.3 is 5.32 Å². The molecule has 2 aromatic carbocycles. The van der Waals surface area contributed by atoms with Gasteiger partial charge >= 0.3 is 6.18 Å².